The number of thiocarbonyl (C=S) groups is 1. The lowest BCUT2D eigenvalue weighted by Crippen LogP contribution is -2.13. The molecule has 0 saturated carbocycles. The number of primary amides is 1. The number of nitrogens with two attached hydrogens (primary N) is 2. The third-order valence-corrected chi connectivity index (χ3v) is 3.93. The van der Waals surface area contributed by atoms with Crippen molar-refractivity contribution in [3.8, 4) is 0 Å². The van der Waals surface area contributed by atoms with Crippen molar-refractivity contribution < 1.29 is 4.79 Å². The van der Waals surface area contributed by atoms with E-state index in [0.29, 0.717) is 10.6 Å². The monoisotopic (exact) mass is 317 g/mol. The Morgan fingerprint density at radius 1 is 1.14 bits per heavy atom. The van der Waals surface area contributed by atoms with Crippen molar-refractivity contribution in [3.05, 3.63) is 53.6 Å². The van der Waals surface area contributed by atoms with Crippen LogP contribution in [0.4, 0.5) is 11.4 Å². The second kappa shape index (κ2) is 6.60. The fraction of sp³-hybridized carbons (Fsp3) is 0.0667. The fourth-order valence-corrected chi connectivity index (χ4v) is 2.86. The summed E-state index contributed by atoms with van der Waals surface area (Å²) in [5.41, 5.74) is 14.0. The lowest BCUT2D eigenvalue weighted by Gasteiger charge is -2.14. The molecule has 0 aliphatic heterocycles. The van der Waals surface area contributed by atoms with E-state index in [9.17, 15) is 4.79 Å². The first-order valence-corrected chi connectivity index (χ1v) is 7.80. The van der Waals surface area contributed by atoms with Crippen molar-refractivity contribution in [2.75, 3.05) is 11.6 Å². The zero-order valence-electron chi connectivity index (χ0n) is 11.4. The topological polar surface area (TPSA) is 81.1 Å². The molecule has 0 heterocycles. The highest BCUT2D eigenvalue weighted by atomic mass is 32.2. The molecule has 108 valence electrons. The zero-order chi connectivity index (χ0) is 15.4. The number of anilines is 2. The van der Waals surface area contributed by atoms with Gasteiger partial charge in [-0.1, -0.05) is 18.3 Å². The van der Waals surface area contributed by atoms with Crippen LogP contribution in [0.15, 0.2) is 47.4 Å². The van der Waals surface area contributed by atoms with Gasteiger partial charge in [0.15, 0.2) is 0 Å². The lowest BCUT2D eigenvalue weighted by molar-refractivity contribution is 0.100. The maximum absolute atomic E-state index is 11.1. The first-order chi connectivity index (χ1) is 10.0. The van der Waals surface area contributed by atoms with Gasteiger partial charge in [0.25, 0.3) is 0 Å². The molecule has 2 aromatic rings. The van der Waals surface area contributed by atoms with Gasteiger partial charge in [-0.2, -0.15) is 0 Å². The summed E-state index contributed by atoms with van der Waals surface area (Å²) >= 11 is 6.72. The van der Waals surface area contributed by atoms with Gasteiger partial charge in [-0.25, -0.2) is 0 Å². The van der Waals surface area contributed by atoms with Crippen LogP contribution in [0.25, 0.3) is 0 Å². The van der Waals surface area contributed by atoms with E-state index in [0.717, 1.165) is 21.8 Å². The predicted octanol–water partition coefficient (Wildman–Crippen LogP) is 2.89. The van der Waals surface area contributed by atoms with Crippen LogP contribution in [0, 0.1) is 0 Å². The Bertz CT molecular complexity index is 684. The van der Waals surface area contributed by atoms with Gasteiger partial charge >= 0.3 is 0 Å². The first kappa shape index (κ1) is 15.3. The van der Waals surface area contributed by atoms with Crippen molar-refractivity contribution in [2.45, 2.75) is 4.90 Å². The SMILES string of the molecule is CSc1cccc(Nc2ccc(C(N)=O)cc2)c1C(N)=S. The summed E-state index contributed by atoms with van der Waals surface area (Å²) in [6.45, 7) is 0. The fourth-order valence-electron chi connectivity index (χ4n) is 1.93. The summed E-state index contributed by atoms with van der Waals surface area (Å²) in [6.07, 6.45) is 1.97. The van der Waals surface area contributed by atoms with Crippen molar-refractivity contribution in [2.24, 2.45) is 11.5 Å². The van der Waals surface area contributed by atoms with Crippen LogP contribution in [0.3, 0.4) is 0 Å². The quantitative estimate of drug-likeness (QED) is 0.583. The Labute approximate surface area is 132 Å². The van der Waals surface area contributed by atoms with E-state index in [2.05, 4.69) is 5.32 Å². The van der Waals surface area contributed by atoms with Crippen LogP contribution < -0.4 is 16.8 Å². The summed E-state index contributed by atoms with van der Waals surface area (Å²) < 4.78 is 0. The average molecular weight is 317 g/mol. The normalized spacial score (nSPS) is 10.1. The van der Waals surface area contributed by atoms with Gasteiger partial charge in [0.1, 0.15) is 4.99 Å². The second-order valence-electron chi connectivity index (χ2n) is 4.31. The smallest absolute Gasteiger partial charge is 0.248 e. The van der Waals surface area contributed by atoms with Crippen LogP contribution >= 0.6 is 24.0 Å². The van der Waals surface area contributed by atoms with Crippen LogP contribution in [0.2, 0.25) is 0 Å². The maximum atomic E-state index is 11.1. The van der Waals surface area contributed by atoms with Crippen LogP contribution in [0.5, 0.6) is 0 Å². The highest BCUT2D eigenvalue weighted by Gasteiger charge is 2.11. The van der Waals surface area contributed by atoms with Crippen LogP contribution in [-0.2, 0) is 0 Å². The number of thioether (sulfide) groups is 1. The molecule has 0 fully saturated rings. The van der Waals surface area contributed by atoms with Gasteiger partial charge in [0.2, 0.25) is 5.91 Å². The highest BCUT2D eigenvalue weighted by molar-refractivity contribution is 7.98. The summed E-state index contributed by atoms with van der Waals surface area (Å²) in [6, 6.07) is 12.7. The Morgan fingerprint density at radius 3 is 2.33 bits per heavy atom. The van der Waals surface area contributed by atoms with Gasteiger partial charge < -0.3 is 16.8 Å². The highest BCUT2D eigenvalue weighted by Crippen LogP contribution is 2.29. The molecule has 21 heavy (non-hydrogen) atoms. The minimum absolute atomic E-state index is 0.344. The van der Waals surface area contributed by atoms with E-state index >= 15 is 0 Å². The molecule has 1 amide bonds. The van der Waals surface area contributed by atoms with Crippen molar-refractivity contribution in [1.29, 1.82) is 0 Å². The van der Waals surface area contributed by atoms with Crippen molar-refractivity contribution in [1.82, 2.24) is 0 Å². The Balaban J connectivity index is 2.35. The Kier molecular flexibility index (Phi) is 4.82. The van der Waals surface area contributed by atoms with E-state index in [1.807, 2.05) is 24.5 Å². The number of nitrogens with one attached hydrogen (secondary N) is 1. The Hall–Kier alpha value is -2.05. The molecule has 0 bridgehead atoms. The molecular formula is C15H15N3OS2. The van der Waals surface area contributed by atoms with E-state index in [1.165, 1.54) is 0 Å². The van der Waals surface area contributed by atoms with Crippen LogP contribution in [0.1, 0.15) is 15.9 Å². The molecule has 0 spiro atoms. The van der Waals surface area contributed by atoms with Gasteiger partial charge in [-0.15, -0.1) is 11.8 Å². The average Bonchev–Trinajstić information content (AvgIpc) is 2.47. The molecule has 2 aromatic carbocycles. The predicted molar refractivity (Wildman–Crippen MR) is 92.4 cm³/mol. The molecule has 2 rings (SSSR count). The van der Waals surface area contributed by atoms with E-state index < -0.39 is 5.91 Å². The molecule has 0 aliphatic rings. The molecule has 5 N–H and O–H groups in total. The van der Waals surface area contributed by atoms with E-state index in [4.69, 9.17) is 23.7 Å². The number of amides is 1. The molecule has 0 radical (unpaired) electrons. The maximum Gasteiger partial charge on any atom is 0.248 e. The van der Waals surface area contributed by atoms with Gasteiger partial charge in [-0.3, -0.25) is 4.79 Å². The molecule has 0 atom stereocenters. The first-order valence-electron chi connectivity index (χ1n) is 6.16. The number of carbonyl (C=O) groups excluding carboxylic acids is 1. The van der Waals surface area contributed by atoms with E-state index in [-0.39, 0.29) is 0 Å². The molecule has 0 saturated heterocycles. The molecule has 6 heteroatoms. The number of rotatable bonds is 5. The number of carbonyl (C=O) groups is 1. The lowest BCUT2D eigenvalue weighted by atomic mass is 10.1. The molecule has 4 nitrogen and oxygen atoms in total. The van der Waals surface area contributed by atoms with Crippen molar-refractivity contribution >= 4 is 46.3 Å². The van der Waals surface area contributed by atoms with Crippen LogP contribution in [-0.4, -0.2) is 17.2 Å². The number of benzene rings is 2. The largest absolute Gasteiger partial charge is 0.389 e. The number of hydrogen-bond donors (Lipinski definition) is 3. The third kappa shape index (κ3) is 3.53. The van der Waals surface area contributed by atoms with Crippen molar-refractivity contribution in [3.63, 3.8) is 0 Å². The third-order valence-electron chi connectivity index (χ3n) is 2.94. The summed E-state index contributed by atoms with van der Waals surface area (Å²) in [7, 11) is 0. The summed E-state index contributed by atoms with van der Waals surface area (Å²) in [5, 5.41) is 3.26. The Morgan fingerprint density at radius 2 is 1.81 bits per heavy atom. The minimum Gasteiger partial charge on any atom is -0.389 e. The standard InChI is InChI=1S/C15H15N3OS2/c1-21-12-4-2-3-11(13(12)15(17)20)18-10-7-5-9(6-8-10)14(16)19/h2-8,18H,1H3,(H2,16,19)(H2,17,20). The van der Waals surface area contributed by atoms with Gasteiger partial charge in [-0.05, 0) is 42.7 Å². The van der Waals surface area contributed by atoms with E-state index in [1.54, 1.807) is 36.0 Å². The molecule has 0 aliphatic carbocycles. The summed E-state index contributed by atoms with van der Waals surface area (Å²) in [4.78, 5) is 12.4. The minimum atomic E-state index is -0.449. The number of hydrogen-bond acceptors (Lipinski definition) is 4. The van der Waals surface area contributed by atoms with Gasteiger partial charge in [0, 0.05) is 27.4 Å². The zero-order valence-corrected chi connectivity index (χ0v) is 13.1. The molecule has 0 aromatic heterocycles. The molecular weight excluding hydrogens is 302 g/mol. The summed E-state index contributed by atoms with van der Waals surface area (Å²) in [5.74, 6) is -0.449. The molecule has 0 unspecified atom stereocenters. The second-order valence-corrected chi connectivity index (χ2v) is 5.60. The van der Waals surface area contributed by atoms with Gasteiger partial charge in [0.05, 0.1) is 0 Å².